The molecule has 0 aromatic carbocycles. The van der Waals surface area contributed by atoms with Crippen LogP contribution >= 0.6 is 0 Å². The van der Waals surface area contributed by atoms with Gasteiger partial charge in [-0.2, -0.15) is 0 Å². The number of imide groups is 1. The molecule has 1 fully saturated rings. The summed E-state index contributed by atoms with van der Waals surface area (Å²) in [6.45, 7) is 6.53. The molecule has 17 heavy (non-hydrogen) atoms. The number of unbranched alkanes of at least 4 members (excludes halogenated alkanes) is 2. The quantitative estimate of drug-likeness (QED) is 0.567. The zero-order chi connectivity index (χ0) is 13.1. The first-order valence-corrected chi connectivity index (χ1v) is 6.39. The van der Waals surface area contributed by atoms with E-state index in [9.17, 15) is 9.59 Å². The predicted octanol–water partition coefficient (Wildman–Crippen LogP) is 1.57. The fourth-order valence-corrected chi connectivity index (χ4v) is 2.14. The van der Waals surface area contributed by atoms with Crippen molar-refractivity contribution >= 4 is 11.8 Å². The van der Waals surface area contributed by atoms with Crippen molar-refractivity contribution < 1.29 is 14.7 Å². The van der Waals surface area contributed by atoms with E-state index < -0.39 is 5.41 Å². The molecule has 98 valence electrons. The van der Waals surface area contributed by atoms with E-state index in [-0.39, 0.29) is 24.3 Å². The molecule has 1 rings (SSSR count). The lowest BCUT2D eigenvalue weighted by Crippen LogP contribution is -2.37. The summed E-state index contributed by atoms with van der Waals surface area (Å²) in [5.74, 6) is 0.109. The third-order valence-electron chi connectivity index (χ3n) is 3.87. The summed E-state index contributed by atoms with van der Waals surface area (Å²) < 4.78 is 0. The Kier molecular flexibility index (Phi) is 4.69. The van der Waals surface area contributed by atoms with Crippen LogP contribution in [0.3, 0.4) is 0 Å². The van der Waals surface area contributed by atoms with Crippen molar-refractivity contribution in [3.05, 3.63) is 0 Å². The van der Waals surface area contributed by atoms with E-state index >= 15 is 0 Å². The molecule has 0 aromatic rings. The number of aliphatic hydroxyl groups excluding tert-OH is 1. The van der Waals surface area contributed by atoms with Crippen LogP contribution < -0.4 is 0 Å². The number of hydrogen-bond donors (Lipinski definition) is 1. The van der Waals surface area contributed by atoms with Crippen molar-refractivity contribution in [3.8, 4) is 0 Å². The number of carbonyl (C=O) groups excluding carboxylic acids is 2. The molecule has 0 saturated carbocycles. The topological polar surface area (TPSA) is 57.6 Å². The summed E-state index contributed by atoms with van der Waals surface area (Å²) >= 11 is 0. The average Bonchev–Trinajstić information content (AvgIpc) is 2.48. The molecule has 0 bridgehead atoms. The minimum atomic E-state index is -0.520. The number of amides is 2. The highest BCUT2D eigenvalue weighted by Gasteiger charge is 2.49. The van der Waals surface area contributed by atoms with Crippen LogP contribution in [0.15, 0.2) is 0 Å². The molecule has 1 unspecified atom stereocenters. The van der Waals surface area contributed by atoms with Gasteiger partial charge in [-0.15, -0.1) is 0 Å². The molecule has 1 heterocycles. The van der Waals surface area contributed by atoms with Crippen molar-refractivity contribution in [2.75, 3.05) is 13.2 Å². The molecule has 1 saturated heterocycles. The first kappa shape index (κ1) is 14.2. The molecule has 1 N–H and O–H groups in total. The monoisotopic (exact) mass is 241 g/mol. The Morgan fingerprint density at radius 3 is 2.41 bits per heavy atom. The van der Waals surface area contributed by atoms with Crippen LogP contribution in [-0.4, -0.2) is 35.0 Å². The molecule has 0 aromatic heterocycles. The summed E-state index contributed by atoms with van der Waals surface area (Å²) in [5.41, 5.74) is -0.520. The van der Waals surface area contributed by atoms with Crippen LogP contribution in [0.1, 0.15) is 46.5 Å². The first-order valence-electron chi connectivity index (χ1n) is 6.39. The van der Waals surface area contributed by atoms with E-state index in [2.05, 4.69) is 0 Å². The second-order valence-electron chi connectivity index (χ2n) is 5.38. The van der Waals surface area contributed by atoms with Gasteiger partial charge in [-0.3, -0.25) is 14.5 Å². The third kappa shape index (κ3) is 2.86. The summed E-state index contributed by atoms with van der Waals surface area (Å²) in [5, 5.41) is 8.67. The van der Waals surface area contributed by atoms with Gasteiger partial charge < -0.3 is 5.11 Å². The second kappa shape index (κ2) is 5.63. The lowest BCUT2D eigenvalue weighted by atomic mass is 9.78. The maximum absolute atomic E-state index is 12.2. The molecule has 2 amide bonds. The summed E-state index contributed by atoms with van der Waals surface area (Å²) in [4.78, 5) is 25.4. The van der Waals surface area contributed by atoms with E-state index in [1.165, 1.54) is 4.90 Å². The Hall–Kier alpha value is -0.900. The van der Waals surface area contributed by atoms with Crippen LogP contribution in [0.25, 0.3) is 0 Å². The maximum Gasteiger partial charge on any atom is 0.235 e. The SMILES string of the molecule is CC(C)C1(C)CC(=O)N(CCCCCO)C1=O. The number of likely N-dealkylation sites (tertiary alicyclic amines) is 1. The van der Waals surface area contributed by atoms with Gasteiger partial charge in [-0.05, 0) is 32.1 Å². The minimum absolute atomic E-state index is 0.0264. The van der Waals surface area contributed by atoms with Crippen molar-refractivity contribution in [1.82, 2.24) is 4.90 Å². The first-order chi connectivity index (χ1) is 7.93. The molecule has 1 aliphatic rings. The Morgan fingerprint density at radius 2 is 1.94 bits per heavy atom. The molecular weight excluding hydrogens is 218 g/mol. The Morgan fingerprint density at radius 1 is 1.29 bits per heavy atom. The van der Waals surface area contributed by atoms with Crippen molar-refractivity contribution in [3.63, 3.8) is 0 Å². The van der Waals surface area contributed by atoms with Gasteiger partial charge in [0.1, 0.15) is 0 Å². The van der Waals surface area contributed by atoms with E-state index in [4.69, 9.17) is 5.11 Å². The highest BCUT2D eigenvalue weighted by Crippen LogP contribution is 2.39. The van der Waals surface area contributed by atoms with Gasteiger partial charge in [0.25, 0.3) is 0 Å². The molecule has 1 atom stereocenters. The average molecular weight is 241 g/mol. The molecular formula is C13H23NO3. The highest BCUT2D eigenvalue weighted by molar-refractivity contribution is 6.05. The normalized spacial score (nSPS) is 25.1. The van der Waals surface area contributed by atoms with Crippen LogP contribution in [0, 0.1) is 11.3 Å². The summed E-state index contributed by atoms with van der Waals surface area (Å²) in [7, 11) is 0. The zero-order valence-electron chi connectivity index (χ0n) is 11.0. The fourth-order valence-electron chi connectivity index (χ4n) is 2.14. The molecule has 0 aliphatic carbocycles. The molecule has 0 radical (unpaired) electrons. The van der Waals surface area contributed by atoms with E-state index in [1.807, 2.05) is 20.8 Å². The summed E-state index contributed by atoms with van der Waals surface area (Å²) in [6.07, 6.45) is 2.71. The number of aliphatic hydroxyl groups is 1. The van der Waals surface area contributed by atoms with Gasteiger partial charge in [0.15, 0.2) is 0 Å². The van der Waals surface area contributed by atoms with Gasteiger partial charge in [-0.1, -0.05) is 13.8 Å². The molecule has 1 aliphatic heterocycles. The molecule has 4 nitrogen and oxygen atoms in total. The number of hydrogen-bond acceptors (Lipinski definition) is 3. The molecule has 0 spiro atoms. The van der Waals surface area contributed by atoms with Crippen LogP contribution in [-0.2, 0) is 9.59 Å². The van der Waals surface area contributed by atoms with E-state index in [0.717, 1.165) is 19.3 Å². The Balaban J connectivity index is 2.57. The standard InChI is InChI=1S/C13H23NO3/c1-10(2)13(3)9-11(16)14(12(13)17)7-5-4-6-8-15/h10,15H,4-9H2,1-3H3. The predicted molar refractivity (Wildman–Crippen MR) is 65.2 cm³/mol. The lowest BCUT2D eigenvalue weighted by Gasteiger charge is -2.26. The minimum Gasteiger partial charge on any atom is -0.396 e. The highest BCUT2D eigenvalue weighted by atomic mass is 16.3. The lowest BCUT2D eigenvalue weighted by molar-refractivity contribution is -0.142. The van der Waals surface area contributed by atoms with E-state index in [1.54, 1.807) is 0 Å². The van der Waals surface area contributed by atoms with Gasteiger partial charge in [0, 0.05) is 19.6 Å². The van der Waals surface area contributed by atoms with Gasteiger partial charge >= 0.3 is 0 Å². The fraction of sp³-hybridized carbons (Fsp3) is 0.846. The van der Waals surface area contributed by atoms with Crippen molar-refractivity contribution in [2.45, 2.75) is 46.5 Å². The van der Waals surface area contributed by atoms with Crippen molar-refractivity contribution in [1.29, 1.82) is 0 Å². The van der Waals surface area contributed by atoms with Crippen molar-refractivity contribution in [2.24, 2.45) is 11.3 Å². The maximum atomic E-state index is 12.2. The molecule has 4 heteroatoms. The van der Waals surface area contributed by atoms with Gasteiger partial charge in [0.05, 0.1) is 5.41 Å². The smallest absolute Gasteiger partial charge is 0.235 e. The van der Waals surface area contributed by atoms with Crippen LogP contribution in [0.5, 0.6) is 0 Å². The number of rotatable bonds is 6. The Bertz CT molecular complexity index is 301. The summed E-state index contributed by atoms with van der Waals surface area (Å²) in [6, 6.07) is 0. The van der Waals surface area contributed by atoms with Gasteiger partial charge in [0.2, 0.25) is 11.8 Å². The largest absolute Gasteiger partial charge is 0.396 e. The zero-order valence-corrected chi connectivity index (χ0v) is 11.0. The number of carbonyl (C=O) groups is 2. The van der Waals surface area contributed by atoms with E-state index in [0.29, 0.717) is 13.0 Å². The second-order valence-corrected chi connectivity index (χ2v) is 5.38. The van der Waals surface area contributed by atoms with Crippen LogP contribution in [0.4, 0.5) is 0 Å². The Labute approximate surface area is 103 Å². The third-order valence-corrected chi connectivity index (χ3v) is 3.87. The van der Waals surface area contributed by atoms with Gasteiger partial charge in [-0.25, -0.2) is 0 Å². The number of nitrogens with zero attached hydrogens (tertiary/aromatic N) is 1. The van der Waals surface area contributed by atoms with Crippen LogP contribution in [0.2, 0.25) is 0 Å².